The maximum absolute atomic E-state index is 13.7. The molecule has 1 heterocycles. The lowest BCUT2D eigenvalue weighted by Gasteiger charge is -2.26. The quantitative estimate of drug-likeness (QED) is 0.886. The molecule has 20 heavy (non-hydrogen) atoms. The molecule has 0 aliphatic heterocycles. The number of aromatic nitrogens is 1. The van der Waals surface area contributed by atoms with E-state index in [2.05, 4.69) is 22.4 Å². The molecule has 0 bridgehead atoms. The first-order valence-electron chi connectivity index (χ1n) is 6.58. The van der Waals surface area contributed by atoms with Crippen molar-refractivity contribution in [3.8, 4) is 0 Å². The number of hydrogen-bond acceptors (Lipinski definition) is 3. The van der Waals surface area contributed by atoms with E-state index >= 15 is 0 Å². The first kappa shape index (κ1) is 12.8. The van der Waals surface area contributed by atoms with E-state index in [0.717, 1.165) is 25.3 Å². The summed E-state index contributed by atoms with van der Waals surface area (Å²) in [5, 5.41) is 3.03. The molecule has 0 saturated carbocycles. The third kappa shape index (κ3) is 2.43. The SMILES string of the molecule is Nc1nc(NC2CCc3ccccc3C2)c(F)cc1F. The summed E-state index contributed by atoms with van der Waals surface area (Å²) in [6.07, 6.45) is 2.62. The van der Waals surface area contributed by atoms with E-state index in [1.807, 2.05) is 12.1 Å². The van der Waals surface area contributed by atoms with E-state index in [-0.39, 0.29) is 17.7 Å². The molecule has 0 amide bonds. The van der Waals surface area contributed by atoms with Gasteiger partial charge in [-0.3, -0.25) is 0 Å². The van der Waals surface area contributed by atoms with Crippen LogP contribution >= 0.6 is 0 Å². The molecular weight excluding hydrogens is 260 g/mol. The van der Waals surface area contributed by atoms with Crippen LogP contribution < -0.4 is 11.1 Å². The van der Waals surface area contributed by atoms with Crippen LogP contribution in [0.2, 0.25) is 0 Å². The van der Waals surface area contributed by atoms with Crippen molar-refractivity contribution in [1.82, 2.24) is 4.98 Å². The second kappa shape index (κ2) is 5.07. The Balaban J connectivity index is 1.78. The first-order chi connectivity index (χ1) is 9.63. The van der Waals surface area contributed by atoms with E-state index in [1.54, 1.807) is 0 Å². The van der Waals surface area contributed by atoms with Crippen LogP contribution in [0.4, 0.5) is 20.4 Å². The minimum absolute atomic E-state index is 0.0216. The molecule has 1 aromatic carbocycles. The van der Waals surface area contributed by atoms with E-state index in [9.17, 15) is 8.78 Å². The Morgan fingerprint density at radius 3 is 2.70 bits per heavy atom. The lowest BCUT2D eigenvalue weighted by atomic mass is 9.88. The molecule has 1 aliphatic carbocycles. The average Bonchev–Trinajstić information content (AvgIpc) is 2.44. The van der Waals surface area contributed by atoms with Gasteiger partial charge in [0.15, 0.2) is 23.3 Å². The third-order valence-corrected chi connectivity index (χ3v) is 3.64. The van der Waals surface area contributed by atoms with Gasteiger partial charge in [-0.2, -0.15) is 0 Å². The Hall–Kier alpha value is -2.17. The van der Waals surface area contributed by atoms with Crippen LogP contribution in [0.1, 0.15) is 17.5 Å². The Labute approximate surface area is 115 Å². The zero-order valence-corrected chi connectivity index (χ0v) is 10.9. The van der Waals surface area contributed by atoms with Crippen LogP contribution in [-0.4, -0.2) is 11.0 Å². The van der Waals surface area contributed by atoms with Gasteiger partial charge in [-0.05, 0) is 30.4 Å². The maximum atomic E-state index is 13.7. The molecule has 0 radical (unpaired) electrons. The molecular formula is C15H15F2N3. The number of pyridine rings is 1. The van der Waals surface area contributed by atoms with Crippen molar-refractivity contribution in [1.29, 1.82) is 0 Å². The van der Waals surface area contributed by atoms with Gasteiger partial charge >= 0.3 is 0 Å². The number of anilines is 2. The Morgan fingerprint density at radius 2 is 1.90 bits per heavy atom. The highest BCUT2D eigenvalue weighted by Crippen LogP contribution is 2.25. The molecule has 104 valence electrons. The number of rotatable bonds is 2. The standard InChI is InChI=1S/C15H15F2N3/c16-12-8-13(17)15(20-14(12)18)19-11-6-5-9-3-1-2-4-10(9)7-11/h1-4,8,11H,5-7H2,(H3,18,19,20). The summed E-state index contributed by atoms with van der Waals surface area (Å²) < 4.78 is 26.7. The molecule has 3 N–H and O–H groups in total. The van der Waals surface area contributed by atoms with Crippen molar-refractivity contribution in [2.24, 2.45) is 0 Å². The van der Waals surface area contributed by atoms with E-state index in [1.165, 1.54) is 11.1 Å². The normalized spacial score (nSPS) is 17.6. The van der Waals surface area contributed by atoms with Crippen LogP contribution in [0.15, 0.2) is 30.3 Å². The lowest BCUT2D eigenvalue weighted by Crippen LogP contribution is -2.28. The van der Waals surface area contributed by atoms with E-state index in [4.69, 9.17) is 5.73 Å². The van der Waals surface area contributed by atoms with Gasteiger partial charge < -0.3 is 11.1 Å². The van der Waals surface area contributed by atoms with Gasteiger partial charge in [0.25, 0.3) is 0 Å². The number of benzene rings is 1. The predicted octanol–water partition coefficient (Wildman–Crippen LogP) is 2.91. The molecule has 0 spiro atoms. The van der Waals surface area contributed by atoms with Gasteiger partial charge in [0.2, 0.25) is 0 Å². The van der Waals surface area contributed by atoms with E-state index < -0.39 is 11.6 Å². The Morgan fingerprint density at radius 1 is 1.15 bits per heavy atom. The smallest absolute Gasteiger partial charge is 0.168 e. The minimum Gasteiger partial charge on any atom is -0.381 e. The number of hydrogen-bond donors (Lipinski definition) is 2. The highest BCUT2D eigenvalue weighted by molar-refractivity contribution is 5.46. The monoisotopic (exact) mass is 275 g/mol. The number of fused-ring (bicyclic) bond motifs is 1. The number of nitrogens with one attached hydrogen (secondary N) is 1. The minimum atomic E-state index is -0.831. The second-order valence-corrected chi connectivity index (χ2v) is 5.04. The zero-order valence-electron chi connectivity index (χ0n) is 10.9. The molecule has 3 rings (SSSR count). The third-order valence-electron chi connectivity index (χ3n) is 3.64. The van der Waals surface area contributed by atoms with Gasteiger partial charge in [-0.15, -0.1) is 0 Å². The number of aryl methyl sites for hydroxylation is 1. The molecule has 0 saturated heterocycles. The van der Waals surface area contributed by atoms with Crippen LogP contribution in [-0.2, 0) is 12.8 Å². The number of nitrogens with two attached hydrogens (primary N) is 1. The average molecular weight is 275 g/mol. The van der Waals surface area contributed by atoms with Gasteiger partial charge in [-0.1, -0.05) is 24.3 Å². The summed E-state index contributed by atoms with van der Waals surface area (Å²) in [7, 11) is 0. The zero-order chi connectivity index (χ0) is 14.1. The summed E-state index contributed by atoms with van der Waals surface area (Å²) in [5.74, 6) is -1.81. The fourth-order valence-electron chi connectivity index (χ4n) is 2.60. The molecule has 0 fully saturated rings. The molecule has 3 nitrogen and oxygen atoms in total. The topological polar surface area (TPSA) is 50.9 Å². The molecule has 1 aromatic heterocycles. The Bertz CT molecular complexity index is 643. The lowest BCUT2D eigenvalue weighted by molar-refractivity contribution is 0.566. The van der Waals surface area contributed by atoms with Gasteiger partial charge in [0, 0.05) is 12.1 Å². The highest BCUT2D eigenvalue weighted by atomic mass is 19.1. The number of nitrogen functional groups attached to an aromatic ring is 1. The maximum Gasteiger partial charge on any atom is 0.168 e. The Kier molecular flexibility index (Phi) is 3.26. The summed E-state index contributed by atoms with van der Waals surface area (Å²) in [6.45, 7) is 0. The van der Waals surface area contributed by atoms with Gasteiger partial charge in [0.05, 0.1) is 0 Å². The molecule has 1 atom stereocenters. The van der Waals surface area contributed by atoms with Crippen molar-refractivity contribution in [2.45, 2.75) is 25.3 Å². The summed E-state index contributed by atoms with van der Waals surface area (Å²) in [6, 6.07) is 9.05. The summed E-state index contributed by atoms with van der Waals surface area (Å²) in [5.41, 5.74) is 7.97. The van der Waals surface area contributed by atoms with Crippen molar-refractivity contribution in [3.05, 3.63) is 53.1 Å². The van der Waals surface area contributed by atoms with Crippen LogP contribution in [0.3, 0.4) is 0 Å². The molecule has 1 unspecified atom stereocenters. The predicted molar refractivity (Wildman–Crippen MR) is 74.4 cm³/mol. The number of nitrogens with zero attached hydrogens (tertiary/aromatic N) is 1. The van der Waals surface area contributed by atoms with E-state index in [0.29, 0.717) is 0 Å². The van der Waals surface area contributed by atoms with Crippen LogP contribution in [0, 0.1) is 11.6 Å². The van der Waals surface area contributed by atoms with Crippen molar-refractivity contribution in [2.75, 3.05) is 11.1 Å². The highest BCUT2D eigenvalue weighted by Gasteiger charge is 2.20. The van der Waals surface area contributed by atoms with Crippen molar-refractivity contribution < 1.29 is 8.78 Å². The van der Waals surface area contributed by atoms with Gasteiger partial charge in [0.1, 0.15) is 0 Å². The fraction of sp³-hybridized carbons (Fsp3) is 0.267. The van der Waals surface area contributed by atoms with Gasteiger partial charge in [-0.25, -0.2) is 13.8 Å². The summed E-state index contributed by atoms with van der Waals surface area (Å²) >= 11 is 0. The largest absolute Gasteiger partial charge is 0.381 e. The van der Waals surface area contributed by atoms with Crippen LogP contribution in [0.25, 0.3) is 0 Å². The fourth-order valence-corrected chi connectivity index (χ4v) is 2.60. The summed E-state index contributed by atoms with van der Waals surface area (Å²) in [4.78, 5) is 3.74. The molecule has 2 aromatic rings. The second-order valence-electron chi connectivity index (χ2n) is 5.04. The first-order valence-corrected chi connectivity index (χ1v) is 6.58. The number of halogens is 2. The van der Waals surface area contributed by atoms with Crippen LogP contribution in [0.5, 0.6) is 0 Å². The van der Waals surface area contributed by atoms with Crippen molar-refractivity contribution >= 4 is 11.6 Å². The molecule has 1 aliphatic rings. The van der Waals surface area contributed by atoms with Crippen molar-refractivity contribution in [3.63, 3.8) is 0 Å². The molecule has 5 heteroatoms.